The molecule has 1 aromatic carbocycles. The standard InChI is InChI=1S/C15H21N3O/c1-18(10-13(16)11-19-2)9-12-7-8-17-15-6-4-3-5-14(12)15/h3-8,13H,9-11,16H2,1-2H3. The molecule has 102 valence electrons. The van der Waals surface area contributed by atoms with Gasteiger partial charge in [-0.15, -0.1) is 0 Å². The summed E-state index contributed by atoms with van der Waals surface area (Å²) in [5, 5.41) is 1.21. The minimum Gasteiger partial charge on any atom is -0.383 e. The van der Waals surface area contributed by atoms with Crippen molar-refractivity contribution in [3.63, 3.8) is 0 Å². The first kappa shape index (κ1) is 13.9. The summed E-state index contributed by atoms with van der Waals surface area (Å²) >= 11 is 0. The van der Waals surface area contributed by atoms with Gasteiger partial charge in [-0.25, -0.2) is 0 Å². The van der Waals surface area contributed by atoms with E-state index in [1.54, 1.807) is 7.11 Å². The molecule has 0 spiro atoms. The van der Waals surface area contributed by atoms with Gasteiger partial charge in [0, 0.05) is 37.8 Å². The Labute approximate surface area is 114 Å². The fraction of sp³-hybridized carbons (Fsp3) is 0.400. The number of methoxy groups -OCH3 is 1. The second-order valence-corrected chi connectivity index (χ2v) is 4.90. The molecule has 1 atom stereocenters. The van der Waals surface area contributed by atoms with E-state index in [4.69, 9.17) is 10.5 Å². The van der Waals surface area contributed by atoms with Crippen LogP contribution in [0, 0.1) is 0 Å². The summed E-state index contributed by atoms with van der Waals surface area (Å²) in [4.78, 5) is 6.59. The molecule has 0 aliphatic carbocycles. The van der Waals surface area contributed by atoms with Gasteiger partial charge in [0.2, 0.25) is 0 Å². The van der Waals surface area contributed by atoms with Crippen LogP contribution in [0.15, 0.2) is 36.5 Å². The number of fused-ring (bicyclic) bond motifs is 1. The molecule has 19 heavy (non-hydrogen) atoms. The molecule has 4 nitrogen and oxygen atoms in total. The maximum Gasteiger partial charge on any atom is 0.0705 e. The molecule has 1 heterocycles. The first-order valence-electron chi connectivity index (χ1n) is 6.46. The summed E-state index contributed by atoms with van der Waals surface area (Å²) in [7, 11) is 3.75. The average Bonchev–Trinajstić information content (AvgIpc) is 2.39. The second-order valence-electron chi connectivity index (χ2n) is 4.90. The van der Waals surface area contributed by atoms with E-state index in [2.05, 4.69) is 29.1 Å². The molecule has 0 aliphatic heterocycles. The highest BCUT2D eigenvalue weighted by atomic mass is 16.5. The Morgan fingerprint density at radius 3 is 2.89 bits per heavy atom. The van der Waals surface area contributed by atoms with Gasteiger partial charge < -0.3 is 15.4 Å². The van der Waals surface area contributed by atoms with Crippen LogP contribution in [0.5, 0.6) is 0 Å². The van der Waals surface area contributed by atoms with Crippen molar-refractivity contribution < 1.29 is 4.74 Å². The van der Waals surface area contributed by atoms with Crippen molar-refractivity contribution in [1.82, 2.24) is 9.88 Å². The predicted octanol–water partition coefficient (Wildman–Crippen LogP) is 1.64. The minimum atomic E-state index is 0.0445. The van der Waals surface area contributed by atoms with Crippen molar-refractivity contribution in [1.29, 1.82) is 0 Å². The Hall–Kier alpha value is -1.49. The first-order chi connectivity index (χ1) is 9.20. The minimum absolute atomic E-state index is 0.0445. The molecule has 0 amide bonds. The zero-order chi connectivity index (χ0) is 13.7. The van der Waals surface area contributed by atoms with Crippen LogP contribution in [-0.2, 0) is 11.3 Å². The molecule has 4 heteroatoms. The van der Waals surface area contributed by atoms with E-state index in [0.717, 1.165) is 18.6 Å². The average molecular weight is 259 g/mol. The number of para-hydroxylation sites is 1. The molecule has 0 bridgehead atoms. The van der Waals surface area contributed by atoms with Gasteiger partial charge in [-0.3, -0.25) is 4.98 Å². The van der Waals surface area contributed by atoms with Gasteiger partial charge in [-0.05, 0) is 24.7 Å². The molecular weight excluding hydrogens is 238 g/mol. The molecule has 2 rings (SSSR count). The lowest BCUT2D eigenvalue weighted by Crippen LogP contribution is -2.38. The van der Waals surface area contributed by atoms with Crippen molar-refractivity contribution in [2.24, 2.45) is 5.73 Å². The number of ether oxygens (including phenoxy) is 1. The van der Waals surface area contributed by atoms with Gasteiger partial charge in [0.05, 0.1) is 12.1 Å². The third-order valence-electron chi connectivity index (χ3n) is 3.11. The zero-order valence-electron chi connectivity index (χ0n) is 11.5. The van der Waals surface area contributed by atoms with E-state index in [1.807, 2.05) is 24.4 Å². The molecule has 0 saturated carbocycles. The molecule has 0 saturated heterocycles. The summed E-state index contributed by atoms with van der Waals surface area (Å²) in [5.41, 5.74) is 8.28. The van der Waals surface area contributed by atoms with Crippen LogP contribution in [0.3, 0.4) is 0 Å². The maximum absolute atomic E-state index is 5.97. The quantitative estimate of drug-likeness (QED) is 0.857. The third-order valence-corrected chi connectivity index (χ3v) is 3.11. The summed E-state index contributed by atoms with van der Waals surface area (Å²) in [6.45, 7) is 2.26. The Kier molecular flexibility index (Phi) is 4.85. The highest BCUT2D eigenvalue weighted by molar-refractivity contribution is 5.81. The van der Waals surface area contributed by atoms with Crippen LogP contribution < -0.4 is 5.73 Å². The van der Waals surface area contributed by atoms with Gasteiger partial charge in [0.15, 0.2) is 0 Å². The van der Waals surface area contributed by atoms with Gasteiger partial charge in [-0.2, -0.15) is 0 Å². The Morgan fingerprint density at radius 1 is 1.32 bits per heavy atom. The van der Waals surface area contributed by atoms with Crippen LogP contribution in [0.25, 0.3) is 10.9 Å². The van der Waals surface area contributed by atoms with Gasteiger partial charge in [-0.1, -0.05) is 18.2 Å². The SMILES string of the molecule is COCC(N)CN(C)Cc1ccnc2ccccc12. The monoisotopic (exact) mass is 259 g/mol. The molecule has 0 fully saturated rings. The lowest BCUT2D eigenvalue weighted by Gasteiger charge is -2.21. The number of hydrogen-bond donors (Lipinski definition) is 1. The highest BCUT2D eigenvalue weighted by Crippen LogP contribution is 2.17. The largest absolute Gasteiger partial charge is 0.383 e. The zero-order valence-corrected chi connectivity index (χ0v) is 11.5. The van der Waals surface area contributed by atoms with E-state index in [-0.39, 0.29) is 6.04 Å². The molecular formula is C15H21N3O. The van der Waals surface area contributed by atoms with Crippen molar-refractivity contribution in [2.45, 2.75) is 12.6 Å². The first-order valence-corrected chi connectivity index (χ1v) is 6.46. The van der Waals surface area contributed by atoms with Crippen LogP contribution >= 0.6 is 0 Å². The van der Waals surface area contributed by atoms with E-state index in [9.17, 15) is 0 Å². The topological polar surface area (TPSA) is 51.4 Å². The number of rotatable bonds is 6. The lowest BCUT2D eigenvalue weighted by molar-refractivity contribution is 0.160. The Morgan fingerprint density at radius 2 is 2.11 bits per heavy atom. The Bertz CT molecular complexity index is 524. The maximum atomic E-state index is 5.97. The number of nitrogens with two attached hydrogens (primary N) is 1. The number of nitrogens with zero attached hydrogens (tertiary/aromatic N) is 2. The van der Waals surface area contributed by atoms with Crippen LogP contribution in [0.2, 0.25) is 0 Å². The van der Waals surface area contributed by atoms with E-state index < -0.39 is 0 Å². The van der Waals surface area contributed by atoms with E-state index >= 15 is 0 Å². The second kappa shape index (κ2) is 6.61. The normalized spacial score (nSPS) is 13.1. The van der Waals surface area contributed by atoms with Crippen molar-refractivity contribution in [3.8, 4) is 0 Å². The number of aromatic nitrogens is 1. The van der Waals surface area contributed by atoms with Crippen molar-refractivity contribution in [2.75, 3.05) is 27.3 Å². The molecule has 1 unspecified atom stereocenters. The Balaban J connectivity index is 2.08. The van der Waals surface area contributed by atoms with Crippen molar-refractivity contribution in [3.05, 3.63) is 42.1 Å². The number of pyridine rings is 1. The van der Waals surface area contributed by atoms with Crippen LogP contribution in [0.4, 0.5) is 0 Å². The van der Waals surface area contributed by atoms with Gasteiger partial charge in [0.25, 0.3) is 0 Å². The van der Waals surface area contributed by atoms with Crippen LogP contribution in [-0.4, -0.2) is 43.2 Å². The van der Waals surface area contributed by atoms with E-state index in [1.165, 1.54) is 10.9 Å². The predicted molar refractivity (Wildman–Crippen MR) is 77.9 cm³/mol. The molecule has 2 aromatic rings. The summed E-state index contributed by atoms with van der Waals surface area (Å²) in [6.07, 6.45) is 1.86. The fourth-order valence-corrected chi connectivity index (χ4v) is 2.32. The fourth-order valence-electron chi connectivity index (χ4n) is 2.32. The molecule has 1 aromatic heterocycles. The molecule has 2 N–H and O–H groups in total. The van der Waals surface area contributed by atoms with E-state index in [0.29, 0.717) is 6.61 Å². The highest BCUT2D eigenvalue weighted by Gasteiger charge is 2.09. The smallest absolute Gasteiger partial charge is 0.0705 e. The number of likely N-dealkylation sites (N-methyl/N-ethyl adjacent to an activating group) is 1. The summed E-state index contributed by atoms with van der Waals surface area (Å²) in [6, 6.07) is 10.3. The number of hydrogen-bond acceptors (Lipinski definition) is 4. The van der Waals surface area contributed by atoms with Crippen LogP contribution in [0.1, 0.15) is 5.56 Å². The lowest BCUT2D eigenvalue weighted by atomic mass is 10.1. The van der Waals surface area contributed by atoms with Gasteiger partial charge in [0.1, 0.15) is 0 Å². The third kappa shape index (κ3) is 3.73. The van der Waals surface area contributed by atoms with Gasteiger partial charge >= 0.3 is 0 Å². The summed E-state index contributed by atoms with van der Waals surface area (Å²) in [5.74, 6) is 0. The molecule has 0 radical (unpaired) electrons. The summed E-state index contributed by atoms with van der Waals surface area (Å²) < 4.78 is 5.06. The molecule has 0 aliphatic rings. The van der Waals surface area contributed by atoms with Crippen molar-refractivity contribution >= 4 is 10.9 Å². The number of benzene rings is 1.